The second-order valence-corrected chi connectivity index (χ2v) is 7.79. The smallest absolute Gasteiger partial charge is 0.335 e. The predicted octanol–water partition coefficient (Wildman–Crippen LogP) is 3.18. The summed E-state index contributed by atoms with van der Waals surface area (Å²) >= 11 is 0. The van der Waals surface area contributed by atoms with E-state index >= 15 is 0 Å². The van der Waals surface area contributed by atoms with E-state index in [9.17, 15) is 15.2 Å². The van der Waals surface area contributed by atoms with Gasteiger partial charge in [-0.05, 0) is 55.2 Å². The highest BCUT2D eigenvalue weighted by molar-refractivity contribution is 5.88. The number of anilines is 1. The third-order valence-electron chi connectivity index (χ3n) is 5.71. The van der Waals surface area contributed by atoms with Gasteiger partial charge in [0.15, 0.2) is 0 Å². The van der Waals surface area contributed by atoms with Crippen LogP contribution in [-0.2, 0) is 6.42 Å². The van der Waals surface area contributed by atoms with Crippen LogP contribution < -0.4 is 4.90 Å². The molecule has 7 heteroatoms. The van der Waals surface area contributed by atoms with Gasteiger partial charge < -0.3 is 20.0 Å². The van der Waals surface area contributed by atoms with Gasteiger partial charge in [-0.3, -0.25) is 0 Å². The summed E-state index contributed by atoms with van der Waals surface area (Å²) in [4.78, 5) is 15.3. The van der Waals surface area contributed by atoms with E-state index in [0.29, 0.717) is 19.4 Å². The molecule has 1 aliphatic rings. The van der Waals surface area contributed by atoms with E-state index in [0.717, 1.165) is 42.9 Å². The molecule has 0 amide bonds. The Hall–Kier alpha value is -2.59. The molecule has 6 nitrogen and oxygen atoms in total. The number of carbonyl (C=O) groups is 1. The standard InChI is InChI=1S/C23H27N3O3.ClH/c1-25(21-8-6-19(7-9-21)22(27)28)17-23(29)11-14-26(15-12-23)13-10-18-4-2-3-5-20(18)16-24;/h2-9,29H,10-15,17H2,1H3,(H,27,28);1H. The minimum Gasteiger partial charge on any atom is -0.478 e. The van der Waals surface area contributed by atoms with E-state index in [4.69, 9.17) is 5.11 Å². The summed E-state index contributed by atoms with van der Waals surface area (Å²) < 4.78 is 0. The van der Waals surface area contributed by atoms with Crippen LogP contribution in [0.2, 0.25) is 0 Å². The number of hydrogen-bond donors (Lipinski definition) is 2. The third-order valence-corrected chi connectivity index (χ3v) is 5.71. The summed E-state index contributed by atoms with van der Waals surface area (Å²) in [6, 6.07) is 16.7. The molecular formula is C23H28ClN3O3. The van der Waals surface area contributed by atoms with Gasteiger partial charge in [-0.25, -0.2) is 4.79 Å². The SMILES string of the molecule is CN(CC1(O)CCN(CCc2ccccc2C#N)CC1)c1ccc(C(=O)O)cc1.Cl. The van der Waals surface area contributed by atoms with Crippen molar-refractivity contribution < 1.29 is 15.0 Å². The summed E-state index contributed by atoms with van der Waals surface area (Å²) in [6.45, 7) is 3.01. The molecule has 160 valence electrons. The van der Waals surface area contributed by atoms with Gasteiger partial charge in [0, 0.05) is 38.9 Å². The van der Waals surface area contributed by atoms with E-state index in [2.05, 4.69) is 11.0 Å². The van der Waals surface area contributed by atoms with E-state index in [1.807, 2.05) is 36.2 Å². The number of carboxylic acid groups (broad SMARTS) is 1. The molecular weight excluding hydrogens is 402 g/mol. The molecule has 0 bridgehead atoms. The molecule has 1 heterocycles. The number of carboxylic acids is 1. The largest absolute Gasteiger partial charge is 0.478 e. The lowest BCUT2D eigenvalue weighted by Crippen LogP contribution is -2.50. The van der Waals surface area contributed by atoms with Crippen LogP contribution in [0.1, 0.15) is 34.3 Å². The maximum Gasteiger partial charge on any atom is 0.335 e. The Labute approximate surface area is 183 Å². The molecule has 0 atom stereocenters. The van der Waals surface area contributed by atoms with Crippen LogP contribution in [-0.4, -0.2) is 59.9 Å². The molecule has 2 aromatic carbocycles. The van der Waals surface area contributed by atoms with Crippen molar-refractivity contribution in [1.29, 1.82) is 5.26 Å². The monoisotopic (exact) mass is 429 g/mol. The fourth-order valence-electron chi connectivity index (χ4n) is 3.87. The lowest BCUT2D eigenvalue weighted by molar-refractivity contribution is -0.0137. The van der Waals surface area contributed by atoms with Crippen molar-refractivity contribution in [3.05, 3.63) is 65.2 Å². The molecule has 0 saturated carbocycles. The number of rotatable bonds is 7. The van der Waals surface area contributed by atoms with Crippen LogP contribution in [0, 0.1) is 11.3 Å². The van der Waals surface area contributed by atoms with E-state index in [1.54, 1.807) is 24.3 Å². The molecule has 1 aliphatic heterocycles. The van der Waals surface area contributed by atoms with Crippen LogP contribution in [0.4, 0.5) is 5.69 Å². The Morgan fingerprint density at radius 1 is 1.17 bits per heavy atom. The Morgan fingerprint density at radius 3 is 2.40 bits per heavy atom. The number of halogens is 1. The number of hydrogen-bond acceptors (Lipinski definition) is 5. The Bertz CT molecular complexity index is 887. The Morgan fingerprint density at radius 2 is 1.80 bits per heavy atom. The molecule has 1 saturated heterocycles. The molecule has 0 aliphatic carbocycles. The number of aromatic carboxylic acids is 1. The Balaban J connectivity index is 0.00000320. The van der Waals surface area contributed by atoms with Crippen molar-refractivity contribution in [3.63, 3.8) is 0 Å². The van der Waals surface area contributed by atoms with Crippen molar-refractivity contribution in [3.8, 4) is 6.07 Å². The predicted molar refractivity (Wildman–Crippen MR) is 119 cm³/mol. The van der Waals surface area contributed by atoms with Gasteiger partial charge in [0.1, 0.15) is 0 Å². The van der Waals surface area contributed by atoms with Crippen molar-refractivity contribution >= 4 is 24.1 Å². The topological polar surface area (TPSA) is 87.8 Å². The molecule has 30 heavy (non-hydrogen) atoms. The summed E-state index contributed by atoms with van der Waals surface area (Å²) in [5, 5.41) is 29.3. The third kappa shape index (κ3) is 5.96. The van der Waals surface area contributed by atoms with Crippen molar-refractivity contribution in [2.75, 3.05) is 38.1 Å². The van der Waals surface area contributed by atoms with Crippen LogP contribution in [0.15, 0.2) is 48.5 Å². The van der Waals surface area contributed by atoms with Crippen LogP contribution in [0.5, 0.6) is 0 Å². The molecule has 0 spiro atoms. The van der Waals surface area contributed by atoms with Crippen LogP contribution in [0.3, 0.4) is 0 Å². The maximum absolute atomic E-state index is 11.0. The highest BCUT2D eigenvalue weighted by Crippen LogP contribution is 2.26. The summed E-state index contributed by atoms with van der Waals surface area (Å²) in [5.74, 6) is -0.942. The van der Waals surface area contributed by atoms with Gasteiger partial charge in [0.2, 0.25) is 0 Å². The molecule has 2 N–H and O–H groups in total. The normalized spacial score (nSPS) is 15.6. The lowest BCUT2D eigenvalue weighted by atomic mass is 9.90. The van der Waals surface area contributed by atoms with Crippen LogP contribution in [0.25, 0.3) is 0 Å². The van der Waals surface area contributed by atoms with Gasteiger partial charge in [-0.2, -0.15) is 5.26 Å². The second kappa shape index (κ2) is 10.4. The maximum atomic E-state index is 11.0. The zero-order valence-corrected chi connectivity index (χ0v) is 17.9. The van der Waals surface area contributed by atoms with Crippen LogP contribution >= 0.6 is 12.4 Å². The van der Waals surface area contributed by atoms with E-state index < -0.39 is 11.6 Å². The number of likely N-dealkylation sites (tertiary alicyclic amines) is 1. The minimum absolute atomic E-state index is 0. The fraction of sp³-hybridized carbons (Fsp3) is 0.391. The first-order valence-electron chi connectivity index (χ1n) is 9.87. The van der Waals surface area contributed by atoms with Gasteiger partial charge >= 0.3 is 5.97 Å². The highest BCUT2D eigenvalue weighted by atomic mass is 35.5. The summed E-state index contributed by atoms with van der Waals surface area (Å²) in [7, 11) is 1.92. The molecule has 2 aromatic rings. The zero-order valence-electron chi connectivity index (χ0n) is 17.1. The minimum atomic E-state index is -0.942. The van der Waals surface area contributed by atoms with Gasteiger partial charge in [-0.1, -0.05) is 18.2 Å². The van der Waals surface area contributed by atoms with Crippen molar-refractivity contribution in [1.82, 2.24) is 4.90 Å². The zero-order chi connectivity index (χ0) is 20.9. The number of piperidine rings is 1. The quantitative estimate of drug-likeness (QED) is 0.702. The first kappa shape index (κ1) is 23.7. The van der Waals surface area contributed by atoms with E-state index in [-0.39, 0.29) is 18.0 Å². The number of nitriles is 1. The molecule has 3 rings (SSSR count). The summed E-state index contributed by atoms with van der Waals surface area (Å²) in [5.41, 5.74) is 2.18. The van der Waals surface area contributed by atoms with Crippen molar-refractivity contribution in [2.45, 2.75) is 24.9 Å². The fourth-order valence-corrected chi connectivity index (χ4v) is 3.87. The summed E-state index contributed by atoms with van der Waals surface area (Å²) in [6.07, 6.45) is 2.20. The number of likely N-dealkylation sites (N-methyl/N-ethyl adjacent to an activating group) is 1. The molecule has 0 radical (unpaired) electrons. The average Bonchev–Trinajstić information content (AvgIpc) is 2.73. The number of nitrogens with zero attached hydrogens (tertiary/aromatic N) is 3. The average molecular weight is 430 g/mol. The molecule has 0 unspecified atom stereocenters. The highest BCUT2D eigenvalue weighted by Gasteiger charge is 2.33. The van der Waals surface area contributed by atoms with Gasteiger partial charge in [0.05, 0.1) is 22.8 Å². The van der Waals surface area contributed by atoms with Gasteiger partial charge in [0.25, 0.3) is 0 Å². The lowest BCUT2D eigenvalue weighted by Gasteiger charge is -2.40. The molecule has 0 aromatic heterocycles. The Kier molecular flexibility index (Phi) is 8.24. The first-order valence-corrected chi connectivity index (χ1v) is 9.87. The molecule has 1 fully saturated rings. The number of aliphatic hydroxyl groups is 1. The van der Waals surface area contributed by atoms with Crippen molar-refractivity contribution in [2.24, 2.45) is 0 Å². The van der Waals surface area contributed by atoms with E-state index in [1.165, 1.54) is 0 Å². The van der Waals surface area contributed by atoms with Gasteiger partial charge in [-0.15, -0.1) is 12.4 Å². The first-order chi connectivity index (χ1) is 13.9. The number of benzene rings is 2. The second-order valence-electron chi connectivity index (χ2n) is 7.79.